The first-order valence-corrected chi connectivity index (χ1v) is 8.73. The maximum atomic E-state index is 12.2. The molecule has 0 unspecified atom stereocenters. The predicted molar refractivity (Wildman–Crippen MR) is 90.3 cm³/mol. The second-order valence-corrected chi connectivity index (χ2v) is 7.32. The molecule has 1 saturated carbocycles. The van der Waals surface area contributed by atoms with E-state index in [0.717, 1.165) is 30.1 Å². The van der Waals surface area contributed by atoms with Crippen LogP contribution in [0.5, 0.6) is 0 Å². The summed E-state index contributed by atoms with van der Waals surface area (Å²) in [6.45, 7) is 4.98. The molecule has 1 N–H and O–H groups in total. The van der Waals surface area contributed by atoms with E-state index in [1.54, 1.807) is 11.3 Å². The maximum absolute atomic E-state index is 12.2. The summed E-state index contributed by atoms with van der Waals surface area (Å²) in [6.07, 6.45) is 2.70. The van der Waals surface area contributed by atoms with Gasteiger partial charge in [0.1, 0.15) is 0 Å². The first-order valence-electron chi connectivity index (χ1n) is 7.86. The van der Waals surface area contributed by atoms with Gasteiger partial charge in [0.15, 0.2) is 0 Å². The predicted octanol–water partition coefficient (Wildman–Crippen LogP) is 3.66. The molecule has 2 aromatic rings. The zero-order chi connectivity index (χ0) is 15.6. The van der Waals surface area contributed by atoms with Gasteiger partial charge >= 0.3 is 0 Å². The summed E-state index contributed by atoms with van der Waals surface area (Å²) in [7, 11) is 0. The lowest BCUT2D eigenvalue weighted by Gasteiger charge is -2.16. The Labute approximate surface area is 135 Å². The van der Waals surface area contributed by atoms with E-state index in [1.807, 2.05) is 11.4 Å². The molecular formula is C18H22N2OS. The molecular weight excluding hydrogens is 292 g/mol. The van der Waals surface area contributed by atoms with Crippen molar-refractivity contribution in [1.29, 1.82) is 0 Å². The third kappa shape index (κ3) is 3.38. The number of nitrogens with zero attached hydrogens (tertiary/aromatic N) is 1. The van der Waals surface area contributed by atoms with Gasteiger partial charge in [0.05, 0.1) is 17.1 Å². The molecule has 1 aliphatic carbocycles. The Kier molecular flexibility index (Phi) is 4.30. The minimum absolute atomic E-state index is 0.0720. The minimum atomic E-state index is 0.0720. The van der Waals surface area contributed by atoms with E-state index in [2.05, 4.69) is 48.4 Å². The standard InChI is InChI=1S/C18H22N2OS/c1-13(2)17-20-15(11-22-17)10-16(21)19-12-18(8-9-18)14-6-4-3-5-7-14/h3-7,11,13H,8-10,12H2,1-2H3,(H,19,21). The fourth-order valence-corrected chi connectivity index (χ4v) is 3.51. The van der Waals surface area contributed by atoms with Crippen LogP contribution in [0.25, 0.3) is 0 Å². The Bertz CT molecular complexity index is 644. The summed E-state index contributed by atoms with van der Waals surface area (Å²) in [5, 5.41) is 6.20. The van der Waals surface area contributed by atoms with Gasteiger partial charge in [-0.3, -0.25) is 4.79 Å². The smallest absolute Gasteiger partial charge is 0.226 e. The van der Waals surface area contributed by atoms with Crippen LogP contribution >= 0.6 is 11.3 Å². The number of aromatic nitrogens is 1. The van der Waals surface area contributed by atoms with Gasteiger partial charge in [-0.25, -0.2) is 4.98 Å². The second-order valence-electron chi connectivity index (χ2n) is 6.43. The molecule has 1 fully saturated rings. The van der Waals surface area contributed by atoms with Gasteiger partial charge in [0.2, 0.25) is 5.91 Å². The summed E-state index contributed by atoms with van der Waals surface area (Å²) in [5.41, 5.74) is 2.39. The van der Waals surface area contributed by atoms with Crippen molar-refractivity contribution in [3.8, 4) is 0 Å². The molecule has 0 radical (unpaired) electrons. The lowest BCUT2D eigenvalue weighted by atomic mass is 9.96. The molecule has 0 aliphatic heterocycles. The van der Waals surface area contributed by atoms with Crippen molar-refractivity contribution >= 4 is 17.2 Å². The van der Waals surface area contributed by atoms with Crippen LogP contribution in [0.3, 0.4) is 0 Å². The van der Waals surface area contributed by atoms with E-state index in [1.165, 1.54) is 5.56 Å². The van der Waals surface area contributed by atoms with Gasteiger partial charge in [0.25, 0.3) is 0 Å². The van der Waals surface area contributed by atoms with Crippen molar-refractivity contribution in [3.05, 3.63) is 52.0 Å². The van der Waals surface area contributed by atoms with E-state index < -0.39 is 0 Å². The minimum Gasteiger partial charge on any atom is -0.355 e. The average molecular weight is 314 g/mol. The molecule has 1 heterocycles. The van der Waals surface area contributed by atoms with Crippen LogP contribution in [0.2, 0.25) is 0 Å². The van der Waals surface area contributed by atoms with Gasteiger partial charge in [-0.2, -0.15) is 0 Å². The summed E-state index contributed by atoms with van der Waals surface area (Å²) in [6, 6.07) is 10.5. The number of carbonyl (C=O) groups excluding carboxylic acids is 1. The van der Waals surface area contributed by atoms with Crippen LogP contribution in [-0.4, -0.2) is 17.4 Å². The van der Waals surface area contributed by atoms with Crippen molar-refractivity contribution in [2.75, 3.05) is 6.54 Å². The fourth-order valence-electron chi connectivity index (χ4n) is 2.67. The van der Waals surface area contributed by atoms with E-state index >= 15 is 0 Å². The Morgan fingerprint density at radius 2 is 2.05 bits per heavy atom. The zero-order valence-electron chi connectivity index (χ0n) is 13.1. The lowest BCUT2D eigenvalue weighted by Crippen LogP contribution is -2.33. The Balaban J connectivity index is 1.54. The van der Waals surface area contributed by atoms with Crippen molar-refractivity contribution in [3.63, 3.8) is 0 Å². The Hall–Kier alpha value is -1.68. The van der Waals surface area contributed by atoms with Crippen molar-refractivity contribution in [2.45, 2.75) is 44.4 Å². The van der Waals surface area contributed by atoms with Crippen LogP contribution in [0.4, 0.5) is 0 Å². The molecule has 1 amide bonds. The molecule has 3 nitrogen and oxygen atoms in total. The van der Waals surface area contributed by atoms with Crippen LogP contribution in [0.1, 0.15) is 48.9 Å². The van der Waals surface area contributed by atoms with Gasteiger partial charge in [-0.1, -0.05) is 44.2 Å². The van der Waals surface area contributed by atoms with Gasteiger partial charge in [0, 0.05) is 23.3 Å². The van der Waals surface area contributed by atoms with Crippen molar-refractivity contribution in [2.24, 2.45) is 0 Å². The number of hydrogen-bond donors (Lipinski definition) is 1. The molecule has 1 aliphatic rings. The van der Waals surface area contributed by atoms with Gasteiger partial charge in [-0.15, -0.1) is 11.3 Å². The summed E-state index contributed by atoms with van der Waals surface area (Å²) in [4.78, 5) is 16.7. The highest BCUT2D eigenvalue weighted by atomic mass is 32.1. The fraction of sp³-hybridized carbons (Fsp3) is 0.444. The number of thiazole rings is 1. The molecule has 0 atom stereocenters. The molecule has 1 aromatic heterocycles. The number of nitrogens with one attached hydrogen (secondary N) is 1. The number of benzene rings is 1. The highest BCUT2D eigenvalue weighted by Gasteiger charge is 2.44. The molecule has 0 bridgehead atoms. The van der Waals surface area contributed by atoms with E-state index in [4.69, 9.17) is 0 Å². The molecule has 116 valence electrons. The number of carbonyl (C=O) groups is 1. The lowest BCUT2D eigenvalue weighted by molar-refractivity contribution is -0.120. The summed E-state index contributed by atoms with van der Waals surface area (Å²) < 4.78 is 0. The summed E-state index contributed by atoms with van der Waals surface area (Å²) >= 11 is 1.64. The molecule has 0 saturated heterocycles. The van der Waals surface area contributed by atoms with Gasteiger partial charge in [-0.05, 0) is 18.4 Å². The summed E-state index contributed by atoms with van der Waals surface area (Å²) in [5.74, 6) is 0.498. The molecule has 3 rings (SSSR count). The van der Waals surface area contributed by atoms with Crippen LogP contribution in [-0.2, 0) is 16.6 Å². The van der Waals surface area contributed by atoms with Crippen LogP contribution < -0.4 is 5.32 Å². The number of rotatable bonds is 6. The first-order chi connectivity index (χ1) is 10.6. The monoisotopic (exact) mass is 314 g/mol. The molecule has 1 aromatic carbocycles. The quantitative estimate of drug-likeness (QED) is 0.884. The number of hydrogen-bond acceptors (Lipinski definition) is 3. The average Bonchev–Trinajstić information content (AvgIpc) is 3.18. The molecule has 4 heteroatoms. The highest BCUT2D eigenvalue weighted by Crippen LogP contribution is 2.47. The van der Waals surface area contributed by atoms with Gasteiger partial charge < -0.3 is 5.32 Å². The molecule has 22 heavy (non-hydrogen) atoms. The van der Waals surface area contributed by atoms with Crippen LogP contribution in [0, 0.1) is 0 Å². The second kappa shape index (κ2) is 6.21. The third-order valence-corrected chi connectivity index (χ3v) is 5.46. The van der Waals surface area contributed by atoms with E-state index in [9.17, 15) is 4.79 Å². The molecule has 0 spiro atoms. The topological polar surface area (TPSA) is 42.0 Å². The first kappa shape index (κ1) is 15.2. The Morgan fingerprint density at radius 3 is 2.64 bits per heavy atom. The number of amides is 1. The van der Waals surface area contributed by atoms with Crippen molar-refractivity contribution in [1.82, 2.24) is 10.3 Å². The normalized spacial score (nSPS) is 15.8. The van der Waals surface area contributed by atoms with Crippen LogP contribution in [0.15, 0.2) is 35.7 Å². The van der Waals surface area contributed by atoms with E-state index in [0.29, 0.717) is 12.3 Å². The highest BCUT2D eigenvalue weighted by molar-refractivity contribution is 7.09. The third-order valence-electron chi connectivity index (χ3n) is 4.27. The van der Waals surface area contributed by atoms with Crippen molar-refractivity contribution < 1.29 is 4.79 Å². The van der Waals surface area contributed by atoms with E-state index in [-0.39, 0.29) is 11.3 Å². The largest absolute Gasteiger partial charge is 0.355 e. The zero-order valence-corrected chi connectivity index (χ0v) is 14.0. The SMILES string of the molecule is CC(C)c1nc(CC(=O)NCC2(c3ccccc3)CC2)cs1. The maximum Gasteiger partial charge on any atom is 0.226 e. The Morgan fingerprint density at radius 1 is 1.32 bits per heavy atom.